The maximum Gasteiger partial charge on any atom is 0.271 e. The van der Waals surface area contributed by atoms with E-state index in [1.165, 1.54) is 0 Å². The van der Waals surface area contributed by atoms with Crippen LogP contribution in [0, 0.1) is 13.8 Å². The number of benzene rings is 2. The van der Waals surface area contributed by atoms with Crippen LogP contribution in [0.25, 0.3) is 11.4 Å². The first-order chi connectivity index (χ1) is 14.5. The molecule has 0 saturated heterocycles. The lowest BCUT2D eigenvalue weighted by atomic mass is 10.2. The van der Waals surface area contributed by atoms with Crippen LogP contribution < -0.4 is 5.43 Å². The Bertz CT molecular complexity index is 1200. The minimum atomic E-state index is -0.251. The van der Waals surface area contributed by atoms with Crippen molar-refractivity contribution in [1.29, 1.82) is 0 Å². The Morgan fingerprint density at radius 1 is 0.933 bits per heavy atom. The van der Waals surface area contributed by atoms with E-state index < -0.39 is 0 Å². The molecule has 0 radical (unpaired) electrons. The molecule has 150 valence electrons. The molecule has 0 bridgehead atoms. The number of aryl methyl sites for hydroxylation is 2. The predicted octanol–water partition coefficient (Wildman–Crippen LogP) is 5.41. The molecule has 5 nitrogen and oxygen atoms in total. The maximum atomic E-state index is 12.5. The second-order valence-corrected chi connectivity index (χ2v) is 7.90. The molecule has 30 heavy (non-hydrogen) atoms. The summed E-state index contributed by atoms with van der Waals surface area (Å²) >= 11 is 3.49. The monoisotopic (exact) mass is 460 g/mol. The topological polar surface area (TPSA) is 51.3 Å². The van der Waals surface area contributed by atoms with Crippen molar-refractivity contribution in [2.75, 3.05) is 0 Å². The Morgan fingerprint density at radius 2 is 1.67 bits per heavy atom. The smallest absolute Gasteiger partial charge is 0.271 e. The van der Waals surface area contributed by atoms with E-state index in [0.717, 1.165) is 32.9 Å². The lowest BCUT2D eigenvalue weighted by Crippen LogP contribution is -2.18. The van der Waals surface area contributed by atoms with E-state index >= 15 is 0 Å². The molecule has 2 aromatic heterocycles. The Hall–Kier alpha value is -3.38. The summed E-state index contributed by atoms with van der Waals surface area (Å²) in [6.07, 6.45) is 3.59. The van der Waals surface area contributed by atoms with E-state index in [0.29, 0.717) is 5.56 Å². The molecule has 1 N–H and O–H groups in total. The molecule has 1 amide bonds. The predicted molar refractivity (Wildman–Crippen MR) is 124 cm³/mol. The third-order valence-corrected chi connectivity index (χ3v) is 5.38. The zero-order valence-corrected chi connectivity index (χ0v) is 18.3. The minimum Gasteiger partial charge on any atom is -0.319 e. The van der Waals surface area contributed by atoms with Crippen LogP contribution in [-0.2, 0) is 0 Å². The van der Waals surface area contributed by atoms with Gasteiger partial charge in [-0.05, 0) is 80.6 Å². The van der Waals surface area contributed by atoms with Crippen molar-refractivity contribution < 1.29 is 4.79 Å². The largest absolute Gasteiger partial charge is 0.319 e. The van der Waals surface area contributed by atoms with Gasteiger partial charge in [0.15, 0.2) is 0 Å². The quantitative estimate of drug-likeness (QED) is 0.314. The summed E-state index contributed by atoms with van der Waals surface area (Å²) < 4.78 is 5.14. The molecule has 2 heterocycles. The summed E-state index contributed by atoms with van der Waals surface area (Å²) in [6, 6.07) is 23.5. The molecule has 0 aliphatic carbocycles. The molecule has 0 unspecified atom stereocenters. The van der Waals surface area contributed by atoms with Crippen LogP contribution >= 0.6 is 15.9 Å². The molecular weight excluding hydrogens is 440 g/mol. The van der Waals surface area contributed by atoms with Crippen molar-refractivity contribution in [2.45, 2.75) is 13.8 Å². The maximum absolute atomic E-state index is 12.5. The summed E-state index contributed by atoms with van der Waals surface area (Å²) in [7, 11) is 0. The van der Waals surface area contributed by atoms with Crippen molar-refractivity contribution in [3.63, 3.8) is 0 Å². The Kier molecular flexibility index (Phi) is 5.68. The van der Waals surface area contributed by atoms with E-state index in [1.807, 2.05) is 71.4 Å². The molecule has 0 saturated carbocycles. The number of hydrazone groups is 1. The first-order valence-electron chi connectivity index (χ1n) is 9.55. The fraction of sp³-hybridized carbons (Fsp3) is 0.0833. The average molecular weight is 461 g/mol. The fourth-order valence-electron chi connectivity index (χ4n) is 3.42. The third kappa shape index (κ3) is 4.14. The second kappa shape index (κ2) is 8.55. The van der Waals surface area contributed by atoms with Gasteiger partial charge in [-0.25, -0.2) is 5.43 Å². The zero-order valence-electron chi connectivity index (χ0n) is 16.7. The highest BCUT2D eigenvalue weighted by Crippen LogP contribution is 2.18. The van der Waals surface area contributed by atoms with Crippen LogP contribution in [0.3, 0.4) is 0 Å². The summed E-state index contributed by atoms with van der Waals surface area (Å²) in [5.41, 5.74) is 8.37. The molecule has 4 rings (SSSR count). The number of carbonyl (C=O) groups is 1. The first kappa shape index (κ1) is 19.9. The Labute approximate surface area is 183 Å². The van der Waals surface area contributed by atoms with Crippen LogP contribution in [-0.4, -0.2) is 21.3 Å². The zero-order chi connectivity index (χ0) is 21.1. The fourth-order valence-corrected chi connectivity index (χ4v) is 3.81. The number of nitrogens with one attached hydrogen (secondary N) is 1. The van der Waals surface area contributed by atoms with Gasteiger partial charge in [-0.2, -0.15) is 5.10 Å². The summed E-state index contributed by atoms with van der Waals surface area (Å²) in [6.45, 7) is 4.12. The summed E-state index contributed by atoms with van der Waals surface area (Å²) in [5, 5.41) is 4.14. The molecule has 0 aliphatic rings. The number of aromatic nitrogens is 2. The van der Waals surface area contributed by atoms with Gasteiger partial charge in [0.2, 0.25) is 0 Å². The molecule has 0 atom stereocenters. The normalized spacial score (nSPS) is 11.2. The van der Waals surface area contributed by atoms with Gasteiger partial charge in [-0.3, -0.25) is 4.79 Å². The standard InChI is InChI=1S/C24H21BrN4O/c1-17-8-9-18(2)29(17)21-12-10-19(11-13-21)24(30)27-26-16-23-7-4-14-28(23)22-6-3-5-20(25)15-22/h3-16H,1-2H3,(H,27,30)/b26-16-. The molecular formula is C24H21BrN4O. The highest BCUT2D eigenvalue weighted by Gasteiger charge is 2.08. The minimum absolute atomic E-state index is 0.251. The van der Waals surface area contributed by atoms with Crippen molar-refractivity contribution in [1.82, 2.24) is 14.6 Å². The highest BCUT2D eigenvalue weighted by molar-refractivity contribution is 9.10. The number of amides is 1. The van der Waals surface area contributed by atoms with Gasteiger partial charge in [0.25, 0.3) is 5.91 Å². The van der Waals surface area contributed by atoms with Gasteiger partial charge in [-0.15, -0.1) is 0 Å². The van der Waals surface area contributed by atoms with Gasteiger partial charge in [-0.1, -0.05) is 22.0 Å². The van der Waals surface area contributed by atoms with Gasteiger partial charge in [0, 0.05) is 39.0 Å². The Morgan fingerprint density at radius 3 is 2.37 bits per heavy atom. The van der Waals surface area contributed by atoms with Crippen molar-refractivity contribution >= 4 is 28.1 Å². The Balaban J connectivity index is 1.46. The molecule has 4 aromatic rings. The van der Waals surface area contributed by atoms with Crippen LogP contribution in [0.2, 0.25) is 0 Å². The van der Waals surface area contributed by atoms with Crippen molar-refractivity contribution in [2.24, 2.45) is 5.10 Å². The van der Waals surface area contributed by atoms with E-state index in [1.54, 1.807) is 6.21 Å². The first-order valence-corrected chi connectivity index (χ1v) is 10.3. The van der Waals surface area contributed by atoms with Gasteiger partial charge in [0.1, 0.15) is 0 Å². The van der Waals surface area contributed by atoms with Crippen molar-refractivity contribution in [3.05, 3.63) is 106 Å². The van der Waals surface area contributed by atoms with E-state index in [9.17, 15) is 4.79 Å². The number of halogens is 1. The van der Waals surface area contributed by atoms with Crippen molar-refractivity contribution in [3.8, 4) is 11.4 Å². The van der Waals surface area contributed by atoms with E-state index in [-0.39, 0.29) is 5.91 Å². The number of hydrogen-bond donors (Lipinski definition) is 1. The van der Waals surface area contributed by atoms with E-state index in [4.69, 9.17) is 0 Å². The average Bonchev–Trinajstić information content (AvgIpc) is 3.34. The van der Waals surface area contributed by atoms with Crippen LogP contribution in [0.15, 0.2) is 88.6 Å². The van der Waals surface area contributed by atoms with Crippen LogP contribution in [0.5, 0.6) is 0 Å². The molecule has 0 aliphatic heterocycles. The van der Waals surface area contributed by atoms with Gasteiger partial charge >= 0.3 is 0 Å². The van der Waals surface area contributed by atoms with Crippen LogP contribution in [0.1, 0.15) is 27.4 Å². The number of rotatable bonds is 5. The third-order valence-electron chi connectivity index (χ3n) is 4.89. The second-order valence-electron chi connectivity index (χ2n) is 6.98. The lowest BCUT2D eigenvalue weighted by Gasteiger charge is -2.10. The number of nitrogens with zero attached hydrogens (tertiary/aromatic N) is 3. The number of carbonyl (C=O) groups excluding carboxylic acids is 1. The molecule has 2 aromatic carbocycles. The molecule has 6 heteroatoms. The summed E-state index contributed by atoms with van der Waals surface area (Å²) in [4.78, 5) is 12.5. The molecule has 0 spiro atoms. The van der Waals surface area contributed by atoms with Crippen LogP contribution in [0.4, 0.5) is 0 Å². The SMILES string of the molecule is Cc1ccc(C)n1-c1ccc(C(=O)N/N=C\c2cccn2-c2cccc(Br)c2)cc1. The number of hydrogen-bond acceptors (Lipinski definition) is 2. The van der Waals surface area contributed by atoms with Gasteiger partial charge in [0.05, 0.1) is 11.9 Å². The van der Waals surface area contributed by atoms with Gasteiger partial charge < -0.3 is 9.13 Å². The molecule has 0 fully saturated rings. The van der Waals surface area contributed by atoms with E-state index in [2.05, 4.69) is 57.0 Å². The summed E-state index contributed by atoms with van der Waals surface area (Å²) in [5.74, 6) is -0.251. The lowest BCUT2D eigenvalue weighted by molar-refractivity contribution is 0.0955. The highest BCUT2D eigenvalue weighted by atomic mass is 79.9.